The number of hydrogen-bond donors (Lipinski definition) is 0. The second kappa shape index (κ2) is 10.6. The molecular formula is C18H18NiO4. The molecule has 2 aromatic carbocycles. The molecule has 0 bridgehead atoms. The number of carboxylic acid groups (broad SMARTS) is 2. The average Bonchev–Trinajstić information content (AvgIpc) is 2.55. The monoisotopic (exact) mass is 356 g/mol. The number of aromatic carboxylic acids is 2. The maximum atomic E-state index is 10.5. The van der Waals surface area contributed by atoms with Crippen LogP contribution in [0.4, 0.5) is 0 Å². The first-order valence-corrected chi connectivity index (χ1v) is 7.09. The minimum atomic E-state index is -1.09. The van der Waals surface area contributed by atoms with Gasteiger partial charge in [0, 0.05) is 11.1 Å². The SMILES string of the molecule is CCc1ccccc1C(=O)[O-].CCc1ccccc1C(=O)[O-].[Ni+2]. The van der Waals surface area contributed by atoms with Crippen molar-refractivity contribution in [3.8, 4) is 0 Å². The molecule has 0 radical (unpaired) electrons. The Balaban J connectivity index is 0.000000403. The van der Waals surface area contributed by atoms with Gasteiger partial charge in [-0.3, -0.25) is 0 Å². The fraction of sp³-hybridized carbons (Fsp3) is 0.222. The van der Waals surface area contributed by atoms with Crippen molar-refractivity contribution in [3.05, 3.63) is 70.8 Å². The normalized spacial score (nSPS) is 9.13. The average molecular weight is 357 g/mol. The molecule has 0 N–H and O–H groups in total. The molecule has 0 saturated heterocycles. The first-order valence-electron chi connectivity index (χ1n) is 7.09. The molecule has 0 unspecified atom stereocenters. The van der Waals surface area contributed by atoms with Crippen LogP contribution in [0, 0.1) is 0 Å². The van der Waals surface area contributed by atoms with Gasteiger partial charge in [-0.15, -0.1) is 0 Å². The molecule has 0 spiro atoms. The van der Waals surface area contributed by atoms with E-state index in [1.54, 1.807) is 36.4 Å². The molecule has 0 atom stereocenters. The molecule has 0 aliphatic heterocycles. The van der Waals surface area contributed by atoms with Crippen LogP contribution in [0.3, 0.4) is 0 Å². The van der Waals surface area contributed by atoms with Crippen LogP contribution in [0.1, 0.15) is 45.7 Å². The Morgan fingerprint density at radius 3 is 1.26 bits per heavy atom. The van der Waals surface area contributed by atoms with Crippen LogP contribution in [-0.4, -0.2) is 11.9 Å². The molecule has 23 heavy (non-hydrogen) atoms. The molecule has 5 heteroatoms. The minimum absolute atomic E-state index is 0. The van der Waals surface area contributed by atoms with E-state index in [1.807, 2.05) is 26.0 Å². The Hall–Kier alpha value is -2.13. The molecular weight excluding hydrogens is 339 g/mol. The van der Waals surface area contributed by atoms with Crippen LogP contribution >= 0.6 is 0 Å². The summed E-state index contributed by atoms with van der Waals surface area (Å²) in [6.45, 7) is 3.84. The van der Waals surface area contributed by atoms with Crippen molar-refractivity contribution in [2.75, 3.05) is 0 Å². The van der Waals surface area contributed by atoms with Gasteiger partial charge < -0.3 is 19.8 Å². The van der Waals surface area contributed by atoms with E-state index in [-0.39, 0.29) is 16.5 Å². The molecule has 2 rings (SSSR count). The molecule has 0 saturated carbocycles. The van der Waals surface area contributed by atoms with Gasteiger partial charge in [0.25, 0.3) is 0 Å². The molecule has 0 aliphatic rings. The largest absolute Gasteiger partial charge is 2.00 e. The fourth-order valence-electron chi connectivity index (χ4n) is 2.06. The fourth-order valence-corrected chi connectivity index (χ4v) is 2.06. The molecule has 0 fully saturated rings. The first kappa shape index (κ1) is 20.9. The van der Waals surface area contributed by atoms with Crippen molar-refractivity contribution in [3.63, 3.8) is 0 Å². The third kappa shape index (κ3) is 6.25. The van der Waals surface area contributed by atoms with Crippen molar-refractivity contribution < 1.29 is 36.3 Å². The second-order valence-corrected chi connectivity index (χ2v) is 4.60. The van der Waals surface area contributed by atoms with E-state index in [4.69, 9.17) is 0 Å². The summed E-state index contributed by atoms with van der Waals surface area (Å²) in [5, 5.41) is 20.9. The van der Waals surface area contributed by atoms with Gasteiger partial charge in [-0.25, -0.2) is 0 Å². The summed E-state index contributed by atoms with van der Waals surface area (Å²) in [5.74, 6) is -2.19. The topological polar surface area (TPSA) is 80.3 Å². The van der Waals surface area contributed by atoms with Crippen LogP contribution in [0.2, 0.25) is 0 Å². The standard InChI is InChI=1S/2C9H10O2.Ni/c2*1-2-7-5-3-4-6-8(7)9(10)11;/h2*3-6H,2H2,1H3,(H,10,11);/q;;+2/p-2. The number of benzene rings is 2. The summed E-state index contributed by atoms with van der Waals surface area (Å²) in [6, 6.07) is 13.8. The zero-order valence-electron chi connectivity index (χ0n) is 13.0. The van der Waals surface area contributed by atoms with Crippen LogP contribution in [-0.2, 0) is 29.3 Å². The van der Waals surface area contributed by atoms with Gasteiger partial charge in [0.1, 0.15) is 0 Å². The zero-order valence-corrected chi connectivity index (χ0v) is 14.0. The van der Waals surface area contributed by atoms with E-state index in [0.29, 0.717) is 11.1 Å². The van der Waals surface area contributed by atoms with Gasteiger partial charge in [-0.05, 0) is 24.0 Å². The quantitative estimate of drug-likeness (QED) is 0.771. The second-order valence-electron chi connectivity index (χ2n) is 4.60. The van der Waals surface area contributed by atoms with Crippen LogP contribution < -0.4 is 10.2 Å². The summed E-state index contributed by atoms with van der Waals surface area (Å²) >= 11 is 0. The molecule has 124 valence electrons. The molecule has 2 aromatic rings. The zero-order chi connectivity index (χ0) is 16.5. The van der Waals surface area contributed by atoms with Crippen LogP contribution in [0.25, 0.3) is 0 Å². The number of carboxylic acids is 2. The Morgan fingerprint density at radius 1 is 0.739 bits per heavy atom. The van der Waals surface area contributed by atoms with Gasteiger partial charge in [0.05, 0.1) is 11.9 Å². The van der Waals surface area contributed by atoms with Gasteiger partial charge in [-0.2, -0.15) is 0 Å². The summed E-state index contributed by atoms with van der Waals surface area (Å²) in [5.41, 5.74) is 2.25. The molecule has 0 aromatic heterocycles. The summed E-state index contributed by atoms with van der Waals surface area (Å²) in [6.07, 6.45) is 1.45. The minimum Gasteiger partial charge on any atom is -0.545 e. The van der Waals surface area contributed by atoms with E-state index < -0.39 is 11.9 Å². The van der Waals surface area contributed by atoms with Crippen LogP contribution in [0.5, 0.6) is 0 Å². The number of carbonyl (C=O) groups is 2. The van der Waals surface area contributed by atoms with E-state index in [1.165, 1.54) is 0 Å². The number of hydrogen-bond acceptors (Lipinski definition) is 4. The summed E-state index contributed by atoms with van der Waals surface area (Å²) in [7, 11) is 0. The van der Waals surface area contributed by atoms with Crippen molar-refractivity contribution in [1.82, 2.24) is 0 Å². The summed E-state index contributed by atoms with van der Waals surface area (Å²) < 4.78 is 0. The predicted molar refractivity (Wildman–Crippen MR) is 80.3 cm³/mol. The third-order valence-electron chi connectivity index (χ3n) is 3.24. The Labute approximate surface area is 146 Å². The first-order chi connectivity index (χ1) is 10.5. The predicted octanol–water partition coefficient (Wildman–Crippen LogP) is 1.22. The van der Waals surface area contributed by atoms with E-state index in [2.05, 4.69) is 0 Å². The molecule has 0 amide bonds. The molecule has 0 aliphatic carbocycles. The van der Waals surface area contributed by atoms with Crippen LogP contribution in [0.15, 0.2) is 48.5 Å². The summed E-state index contributed by atoms with van der Waals surface area (Å²) in [4.78, 5) is 20.9. The van der Waals surface area contributed by atoms with Gasteiger partial charge >= 0.3 is 16.5 Å². The maximum absolute atomic E-state index is 10.5. The molecule has 4 nitrogen and oxygen atoms in total. The van der Waals surface area contributed by atoms with Crippen molar-refractivity contribution in [1.29, 1.82) is 0 Å². The molecule has 0 heterocycles. The Bertz CT molecular complexity index is 595. The Morgan fingerprint density at radius 2 is 1.04 bits per heavy atom. The third-order valence-corrected chi connectivity index (χ3v) is 3.24. The van der Waals surface area contributed by atoms with E-state index in [9.17, 15) is 19.8 Å². The Kier molecular flexibility index (Phi) is 9.60. The number of carbonyl (C=O) groups excluding carboxylic acids is 2. The van der Waals surface area contributed by atoms with Crippen molar-refractivity contribution >= 4 is 11.9 Å². The van der Waals surface area contributed by atoms with Crippen molar-refractivity contribution in [2.45, 2.75) is 26.7 Å². The van der Waals surface area contributed by atoms with Gasteiger partial charge in [0.2, 0.25) is 0 Å². The smallest absolute Gasteiger partial charge is 0.545 e. The van der Waals surface area contributed by atoms with E-state index >= 15 is 0 Å². The van der Waals surface area contributed by atoms with Gasteiger partial charge in [-0.1, -0.05) is 62.4 Å². The van der Waals surface area contributed by atoms with Crippen molar-refractivity contribution in [2.24, 2.45) is 0 Å². The number of rotatable bonds is 4. The van der Waals surface area contributed by atoms with E-state index in [0.717, 1.165) is 24.0 Å². The van der Waals surface area contributed by atoms with Gasteiger partial charge in [0.15, 0.2) is 0 Å². The number of aryl methyl sites for hydroxylation is 2. The maximum Gasteiger partial charge on any atom is 2.00 e.